The Hall–Kier alpha value is -3.24. The predicted octanol–water partition coefficient (Wildman–Crippen LogP) is 4.88. The van der Waals surface area contributed by atoms with Gasteiger partial charge in [-0.2, -0.15) is 0 Å². The summed E-state index contributed by atoms with van der Waals surface area (Å²) in [5.74, 6) is 0.431. The maximum absolute atomic E-state index is 12.8. The van der Waals surface area contributed by atoms with Crippen LogP contribution in [0.15, 0.2) is 45.5 Å². The molecule has 0 aliphatic carbocycles. The van der Waals surface area contributed by atoms with Crippen LogP contribution < -0.4 is 0 Å². The Morgan fingerprint density at radius 3 is 2.67 bits per heavy atom. The Kier molecular flexibility index (Phi) is 6.75. The van der Waals surface area contributed by atoms with Gasteiger partial charge in [-0.1, -0.05) is 5.16 Å². The molecule has 4 heterocycles. The third kappa shape index (κ3) is 4.76. The second kappa shape index (κ2) is 9.72. The SMILES string of the molecule is Cc1noc(C)c1CSc1ncccc1C(=O)OCC(=O)c1cc(C)n(-c2nccs2)c1C. The molecule has 10 heteroatoms. The van der Waals surface area contributed by atoms with Crippen molar-refractivity contribution in [3.63, 3.8) is 0 Å². The smallest absolute Gasteiger partial charge is 0.341 e. The highest BCUT2D eigenvalue weighted by Gasteiger charge is 2.21. The summed E-state index contributed by atoms with van der Waals surface area (Å²) >= 11 is 2.88. The number of rotatable bonds is 8. The topological polar surface area (TPSA) is 100 Å². The summed E-state index contributed by atoms with van der Waals surface area (Å²) in [6, 6.07) is 5.10. The van der Waals surface area contributed by atoms with Crippen molar-refractivity contribution >= 4 is 34.9 Å². The van der Waals surface area contributed by atoms with Crippen LogP contribution in [-0.4, -0.2) is 38.1 Å². The van der Waals surface area contributed by atoms with Gasteiger partial charge in [-0.15, -0.1) is 23.1 Å². The second-order valence-corrected chi connectivity index (χ2v) is 9.22. The molecular formula is C23H22N4O4S2. The molecule has 170 valence electrons. The van der Waals surface area contributed by atoms with E-state index in [1.807, 2.05) is 37.6 Å². The number of hydrogen-bond acceptors (Lipinski definition) is 9. The van der Waals surface area contributed by atoms with Crippen molar-refractivity contribution in [2.45, 2.75) is 38.5 Å². The number of pyridine rings is 1. The standard InChI is InChI=1S/C23H22N4O4S2/c1-13-10-18(15(3)27(13)23-25-8-9-32-23)20(28)11-30-22(29)17-6-5-7-24-21(17)33-12-19-14(2)26-31-16(19)4/h5-10H,11-12H2,1-4H3. The number of Topliss-reactive ketones (excluding diaryl/α,β-unsaturated/α-hetero) is 1. The average molecular weight is 483 g/mol. The maximum Gasteiger partial charge on any atom is 0.341 e. The molecule has 4 rings (SSSR count). The van der Waals surface area contributed by atoms with E-state index in [4.69, 9.17) is 9.26 Å². The Bertz CT molecular complexity index is 1290. The van der Waals surface area contributed by atoms with Gasteiger partial charge in [0.2, 0.25) is 5.78 Å². The number of nitrogens with zero attached hydrogens (tertiary/aromatic N) is 4. The molecule has 4 aromatic rings. The quantitative estimate of drug-likeness (QED) is 0.199. The Morgan fingerprint density at radius 2 is 1.97 bits per heavy atom. The molecule has 0 saturated carbocycles. The molecule has 0 bridgehead atoms. The zero-order chi connectivity index (χ0) is 23.5. The number of thiazole rings is 1. The first kappa shape index (κ1) is 22.9. The molecule has 0 aliphatic heterocycles. The van der Waals surface area contributed by atoms with Crippen molar-refractivity contribution in [2.75, 3.05) is 6.61 Å². The number of aryl methyl sites for hydroxylation is 3. The van der Waals surface area contributed by atoms with Crippen LogP contribution in [0, 0.1) is 27.7 Å². The first-order valence-corrected chi connectivity index (χ1v) is 12.0. The third-order valence-corrected chi connectivity index (χ3v) is 6.99. The summed E-state index contributed by atoms with van der Waals surface area (Å²) in [6.07, 6.45) is 3.34. The van der Waals surface area contributed by atoms with Gasteiger partial charge in [0, 0.05) is 46.0 Å². The van der Waals surface area contributed by atoms with Gasteiger partial charge in [-0.05, 0) is 45.9 Å². The van der Waals surface area contributed by atoms with Crippen LogP contribution in [0.5, 0.6) is 0 Å². The van der Waals surface area contributed by atoms with Crippen LogP contribution in [0.1, 0.15) is 49.1 Å². The first-order valence-electron chi connectivity index (χ1n) is 10.2. The van der Waals surface area contributed by atoms with Gasteiger partial charge in [-0.3, -0.25) is 9.36 Å². The number of hydrogen-bond donors (Lipinski definition) is 0. The van der Waals surface area contributed by atoms with Crippen LogP contribution in [0.25, 0.3) is 5.13 Å². The lowest BCUT2D eigenvalue weighted by molar-refractivity contribution is 0.0470. The second-order valence-electron chi connectivity index (χ2n) is 7.38. The predicted molar refractivity (Wildman–Crippen MR) is 125 cm³/mol. The molecule has 0 aromatic carbocycles. The van der Waals surface area contributed by atoms with Gasteiger partial charge in [0.05, 0.1) is 11.3 Å². The van der Waals surface area contributed by atoms with Gasteiger partial charge < -0.3 is 9.26 Å². The number of ether oxygens (including phenoxy) is 1. The van der Waals surface area contributed by atoms with E-state index in [9.17, 15) is 9.59 Å². The number of carbonyl (C=O) groups is 2. The molecule has 0 radical (unpaired) electrons. The Labute approximate surface area is 199 Å². The fraction of sp³-hybridized carbons (Fsp3) is 0.261. The van der Waals surface area contributed by atoms with E-state index in [0.29, 0.717) is 21.9 Å². The average Bonchev–Trinajstić information content (AvgIpc) is 3.51. The lowest BCUT2D eigenvalue weighted by Gasteiger charge is -2.09. The number of aromatic nitrogens is 4. The van der Waals surface area contributed by atoms with Crippen molar-refractivity contribution in [3.05, 3.63) is 75.5 Å². The first-order chi connectivity index (χ1) is 15.9. The monoisotopic (exact) mass is 482 g/mol. The summed E-state index contributed by atoms with van der Waals surface area (Å²) in [7, 11) is 0. The van der Waals surface area contributed by atoms with Gasteiger partial charge in [-0.25, -0.2) is 14.8 Å². The molecule has 0 atom stereocenters. The Morgan fingerprint density at radius 1 is 1.15 bits per heavy atom. The fourth-order valence-electron chi connectivity index (χ4n) is 3.46. The minimum Gasteiger partial charge on any atom is -0.454 e. The minimum atomic E-state index is -0.591. The number of carbonyl (C=O) groups excluding carboxylic acids is 2. The summed E-state index contributed by atoms with van der Waals surface area (Å²) in [6.45, 7) is 7.13. The molecule has 0 aliphatic rings. The number of ketones is 1. The summed E-state index contributed by atoms with van der Waals surface area (Å²) in [4.78, 5) is 34.2. The van der Waals surface area contributed by atoms with Gasteiger partial charge in [0.1, 0.15) is 10.8 Å². The maximum atomic E-state index is 12.8. The summed E-state index contributed by atoms with van der Waals surface area (Å²) < 4.78 is 12.5. The molecule has 8 nitrogen and oxygen atoms in total. The lowest BCUT2D eigenvalue weighted by atomic mass is 10.1. The number of thioether (sulfide) groups is 1. The summed E-state index contributed by atoms with van der Waals surface area (Å²) in [5, 5.41) is 7.15. The lowest BCUT2D eigenvalue weighted by Crippen LogP contribution is -2.16. The zero-order valence-corrected chi connectivity index (χ0v) is 20.2. The molecular weight excluding hydrogens is 460 g/mol. The third-order valence-electron chi connectivity index (χ3n) is 5.20. The Balaban J connectivity index is 1.45. The molecule has 0 N–H and O–H groups in total. The molecule has 0 saturated heterocycles. The highest BCUT2D eigenvalue weighted by atomic mass is 32.2. The van der Waals surface area contributed by atoms with Crippen LogP contribution in [-0.2, 0) is 10.5 Å². The van der Waals surface area contributed by atoms with Crippen LogP contribution in [0.3, 0.4) is 0 Å². The highest BCUT2D eigenvalue weighted by molar-refractivity contribution is 7.98. The highest BCUT2D eigenvalue weighted by Crippen LogP contribution is 2.28. The van der Waals surface area contributed by atoms with Crippen LogP contribution in [0.2, 0.25) is 0 Å². The van der Waals surface area contributed by atoms with E-state index in [1.54, 1.807) is 30.6 Å². The molecule has 0 spiro atoms. The van der Waals surface area contributed by atoms with Gasteiger partial charge >= 0.3 is 5.97 Å². The molecule has 0 unspecified atom stereocenters. The van der Waals surface area contributed by atoms with Gasteiger partial charge in [0.25, 0.3) is 0 Å². The van der Waals surface area contributed by atoms with E-state index >= 15 is 0 Å². The van der Waals surface area contributed by atoms with E-state index < -0.39 is 5.97 Å². The van der Waals surface area contributed by atoms with E-state index in [0.717, 1.165) is 33.5 Å². The van der Waals surface area contributed by atoms with E-state index in [-0.39, 0.29) is 12.4 Å². The van der Waals surface area contributed by atoms with Crippen molar-refractivity contribution in [3.8, 4) is 5.13 Å². The zero-order valence-electron chi connectivity index (χ0n) is 18.6. The normalized spacial score (nSPS) is 11.0. The van der Waals surface area contributed by atoms with Crippen molar-refractivity contribution in [1.29, 1.82) is 0 Å². The largest absolute Gasteiger partial charge is 0.454 e. The van der Waals surface area contributed by atoms with Crippen molar-refractivity contribution < 1.29 is 18.8 Å². The van der Waals surface area contributed by atoms with Crippen LogP contribution >= 0.6 is 23.1 Å². The minimum absolute atomic E-state index is 0.270. The summed E-state index contributed by atoms with van der Waals surface area (Å²) in [5.41, 5.74) is 4.25. The van der Waals surface area contributed by atoms with E-state index in [2.05, 4.69) is 15.1 Å². The van der Waals surface area contributed by atoms with Gasteiger partial charge in [0.15, 0.2) is 11.7 Å². The van der Waals surface area contributed by atoms with Crippen LogP contribution in [0.4, 0.5) is 0 Å². The number of esters is 1. The van der Waals surface area contributed by atoms with Crippen molar-refractivity contribution in [1.82, 2.24) is 19.7 Å². The molecule has 0 amide bonds. The molecule has 33 heavy (non-hydrogen) atoms. The molecule has 4 aromatic heterocycles. The van der Waals surface area contributed by atoms with Crippen molar-refractivity contribution in [2.24, 2.45) is 0 Å². The fourth-order valence-corrected chi connectivity index (χ4v) is 5.35. The molecule has 0 fully saturated rings. The van der Waals surface area contributed by atoms with E-state index in [1.165, 1.54) is 23.1 Å².